The van der Waals surface area contributed by atoms with Crippen molar-refractivity contribution in [1.29, 1.82) is 0 Å². The van der Waals surface area contributed by atoms with Gasteiger partial charge in [-0.2, -0.15) is 13.2 Å². The summed E-state index contributed by atoms with van der Waals surface area (Å²) >= 11 is 0.984. The first-order valence-electron chi connectivity index (χ1n) is 7.00. The fraction of sp³-hybridized carbons (Fsp3) is 0.235. The van der Waals surface area contributed by atoms with E-state index in [2.05, 4.69) is 4.99 Å². The first-order chi connectivity index (χ1) is 11.2. The number of hydrogen-bond donors (Lipinski definition) is 0. The molecule has 0 fully saturated rings. The highest BCUT2D eigenvalue weighted by molar-refractivity contribution is 7.12. The SMILES string of the molecule is Cc1ccc(C)c(N=CC(C(=O)c2cccs2)C(=O)C(F)(F)F)c1. The highest BCUT2D eigenvalue weighted by Gasteiger charge is 2.45. The van der Waals surface area contributed by atoms with Crippen LogP contribution in [-0.4, -0.2) is 24.0 Å². The van der Waals surface area contributed by atoms with E-state index in [0.717, 1.165) is 28.7 Å². The van der Waals surface area contributed by atoms with Crippen molar-refractivity contribution in [3.05, 3.63) is 51.7 Å². The zero-order valence-electron chi connectivity index (χ0n) is 12.9. The maximum Gasteiger partial charge on any atom is 0.451 e. The second-order valence-corrected chi connectivity index (χ2v) is 6.20. The number of aryl methyl sites for hydroxylation is 2. The molecular formula is C17H14F3NO2S. The number of halogens is 3. The highest BCUT2D eigenvalue weighted by atomic mass is 32.1. The maximum atomic E-state index is 12.8. The van der Waals surface area contributed by atoms with Crippen molar-refractivity contribution in [2.24, 2.45) is 10.9 Å². The lowest BCUT2D eigenvalue weighted by atomic mass is 9.98. The number of Topliss-reactive ketones (excluding diaryl/α,β-unsaturated/α-hetero) is 2. The first kappa shape index (κ1) is 18.1. The van der Waals surface area contributed by atoms with Crippen LogP contribution in [0.25, 0.3) is 0 Å². The number of aliphatic imine (C=N–C) groups is 1. The summed E-state index contributed by atoms with van der Waals surface area (Å²) in [5, 5.41) is 1.56. The molecule has 1 aromatic carbocycles. The second-order valence-electron chi connectivity index (χ2n) is 5.25. The average molecular weight is 353 g/mol. The summed E-state index contributed by atoms with van der Waals surface area (Å²) in [6.07, 6.45) is -4.31. The lowest BCUT2D eigenvalue weighted by Gasteiger charge is -2.12. The number of carbonyl (C=O) groups is 2. The topological polar surface area (TPSA) is 46.5 Å². The monoisotopic (exact) mass is 353 g/mol. The molecule has 1 aromatic heterocycles. The number of thiophene rings is 1. The van der Waals surface area contributed by atoms with Crippen molar-refractivity contribution in [3.8, 4) is 0 Å². The molecule has 2 aromatic rings. The van der Waals surface area contributed by atoms with E-state index >= 15 is 0 Å². The van der Waals surface area contributed by atoms with Crippen LogP contribution in [0, 0.1) is 19.8 Å². The minimum Gasteiger partial charge on any atom is -0.292 e. The van der Waals surface area contributed by atoms with Crippen molar-refractivity contribution < 1.29 is 22.8 Å². The standard InChI is InChI=1S/C17H14F3NO2S/c1-10-5-6-11(2)13(8-10)21-9-12(16(23)17(18,19)20)15(22)14-4-3-7-24-14/h3-9,12H,1-2H3. The summed E-state index contributed by atoms with van der Waals surface area (Å²) in [5.41, 5.74) is 2.03. The molecule has 1 heterocycles. The summed E-state index contributed by atoms with van der Waals surface area (Å²) in [4.78, 5) is 28.0. The Morgan fingerprint density at radius 2 is 1.92 bits per heavy atom. The van der Waals surface area contributed by atoms with E-state index in [1.54, 1.807) is 24.4 Å². The predicted octanol–water partition coefficient (Wildman–Crippen LogP) is 4.70. The quantitative estimate of drug-likeness (QED) is 0.444. The molecule has 0 aliphatic heterocycles. The minimum absolute atomic E-state index is 0.0880. The number of alkyl halides is 3. The van der Waals surface area contributed by atoms with E-state index in [1.807, 2.05) is 13.0 Å². The number of rotatable bonds is 5. The maximum absolute atomic E-state index is 12.8. The Morgan fingerprint density at radius 1 is 1.21 bits per heavy atom. The van der Waals surface area contributed by atoms with Gasteiger partial charge in [0.05, 0.1) is 10.6 Å². The molecule has 7 heteroatoms. The molecule has 0 radical (unpaired) electrons. The molecular weight excluding hydrogens is 339 g/mol. The van der Waals surface area contributed by atoms with Gasteiger partial charge in [-0.3, -0.25) is 14.6 Å². The Hall–Kier alpha value is -2.28. The number of ketones is 2. The summed E-state index contributed by atoms with van der Waals surface area (Å²) < 4.78 is 38.4. The normalized spacial score (nSPS) is 13.2. The van der Waals surface area contributed by atoms with Gasteiger partial charge < -0.3 is 0 Å². The van der Waals surface area contributed by atoms with Crippen molar-refractivity contribution in [2.45, 2.75) is 20.0 Å². The van der Waals surface area contributed by atoms with Crippen molar-refractivity contribution >= 4 is 34.8 Å². The highest BCUT2D eigenvalue weighted by Crippen LogP contribution is 2.26. The molecule has 24 heavy (non-hydrogen) atoms. The van der Waals surface area contributed by atoms with Gasteiger partial charge in [-0.1, -0.05) is 18.2 Å². The largest absolute Gasteiger partial charge is 0.451 e. The van der Waals surface area contributed by atoms with E-state index in [4.69, 9.17) is 0 Å². The Morgan fingerprint density at radius 3 is 2.50 bits per heavy atom. The molecule has 2 rings (SSSR count). The van der Waals surface area contributed by atoms with Crippen LogP contribution in [0.15, 0.2) is 40.7 Å². The van der Waals surface area contributed by atoms with Gasteiger partial charge in [-0.15, -0.1) is 11.3 Å². The molecule has 0 saturated heterocycles. The Labute approximate surface area is 140 Å². The van der Waals surface area contributed by atoms with E-state index < -0.39 is 23.7 Å². The van der Waals surface area contributed by atoms with E-state index in [9.17, 15) is 22.8 Å². The molecule has 1 atom stereocenters. The number of nitrogens with zero attached hydrogens (tertiary/aromatic N) is 1. The van der Waals surface area contributed by atoms with Gasteiger partial charge in [0.2, 0.25) is 0 Å². The van der Waals surface area contributed by atoms with Crippen LogP contribution < -0.4 is 0 Å². The van der Waals surface area contributed by atoms with Gasteiger partial charge in [0.15, 0.2) is 5.78 Å². The molecule has 126 valence electrons. The summed E-state index contributed by atoms with van der Waals surface area (Å²) in [5.74, 6) is -5.00. The lowest BCUT2D eigenvalue weighted by molar-refractivity contribution is -0.171. The fourth-order valence-electron chi connectivity index (χ4n) is 2.02. The molecule has 1 unspecified atom stereocenters. The molecule has 0 N–H and O–H groups in total. The summed E-state index contributed by atoms with van der Waals surface area (Å²) in [7, 11) is 0. The van der Waals surface area contributed by atoms with E-state index in [1.165, 1.54) is 12.1 Å². The van der Waals surface area contributed by atoms with Crippen LogP contribution in [0.4, 0.5) is 18.9 Å². The molecule has 0 spiro atoms. The number of benzene rings is 1. The molecule has 0 bridgehead atoms. The van der Waals surface area contributed by atoms with Gasteiger partial charge in [-0.25, -0.2) is 0 Å². The Bertz CT molecular complexity index is 780. The molecule has 0 aliphatic rings. The molecule has 0 saturated carbocycles. The van der Waals surface area contributed by atoms with E-state index in [-0.39, 0.29) is 4.88 Å². The van der Waals surface area contributed by atoms with E-state index in [0.29, 0.717) is 5.69 Å². The third kappa shape index (κ3) is 4.17. The minimum atomic E-state index is -5.11. The second kappa shape index (κ2) is 7.09. The van der Waals surface area contributed by atoms with Crippen LogP contribution in [0.1, 0.15) is 20.8 Å². The van der Waals surface area contributed by atoms with Crippen LogP contribution in [0.5, 0.6) is 0 Å². The predicted molar refractivity (Wildman–Crippen MR) is 87.3 cm³/mol. The molecule has 3 nitrogen and oxygen atoms in total. The molecule has 0 aliphatic carbocycles. The zero-order valence-corrected chi connectivity index (χ0v) is 13.7. The van der Waals surface area contributed by atoms with Gasteiger partial charge in [0, 0.05) is 6.21 Å². The van der Waals surface area contributed by atoms with Gasteiger partial charge >= 0.3 is 6.18 Å². The number of hydrogen-bond acceptors (Lipinski definition) is 4. The van der Waals surface area contributed by atoms with Gasteiger partial charge in [-0.05, 0) is 42.5 Å². The average Bonchev–Trinajstić information content (AvgIpc) is 3.03. The van der Waals surface area contributed by atoms with Crippen LogP contribution >= 0.6 is 11.3 Å². The Balaban J connectivity index is 2.39. The summed E-state index contributed by atoms with van der Waals surface area (Å²) in [6, 6.07) is 8.20. The van der Waals surface area contributed by atoms with Gasteiger partial charge in [0.1, 0.15) is 5.92 Å². The summed E-state index contributed by atoms with van der Waals surface area (Å²) in [6.45, 7) is 3.56. The Kier molecular flexibility index (Phi) is 5.33. The van der Waals surface area contributed by atoms with Crippen molar-refractivity contribution in [3.63, 3.8) is 0 Å². The van der Waals surface area contributed by atoms with Crippen LogP contribution in [0.2, 0.25) is 0 Å². The van der Waals surface area contributed by atoms with Crippen LogP contribution in [0.3, 0.4) is 0 Å². The van der Waals surface area contributed by atoms with Crippen molar-refractivity contribution in [2.75, 3.05) is 0 Å². The lowest BCUT2D eigenvalue weighted by Crippen LogP contribution is -2.36. The first-order valence-corrected chi connectivity index (χ1v) is 7.88. The third-order valence-electron chi connectivity index (χ3n) is 3.34. The van der Waals surface area contributed by atoms with Gasteiger partial charge in [0.25, 0.3) is 5.78 Å². The smallest absolute Gasteiger partial charge is 0.292 e. The molecule has 0 amide bonds. The fourth-order valence-corrected chi connectivity index (χ4v) is 2.72. The van der Waals surface area contributed by atoms with Crippen LogP contribution in [-0.2, 0) is 4.79 Å². The zero-order chi connectivity index (χ0) is 17.9. The van der Waals surface area contributed by atoms with Crippen molar-refractivity contribution in [1.82, 2.24) is 0 Å². The number of carbonyl (C=O) groups excluding carboxylic acids is 2. The third-order valence-corrected chi connectivity index (χ3v) is 4.22.